The van der Waals surface area contributed by atoms with E-state index in [9.17, 15) is 18.0 Å². The highest BCUT2D eigenvalue weighted by Gasteiger charge is 2.25. The summed E-state index contributed by atoms with van der Waals surface area (Å²) in [5.74, 6) is -1.37. The molecule has 0 fully saturated rings. The number of ether oxygens (including phenoxy) is 1. The lowest BCUT2D eigenvalue weighted by Gasteiger charge is -2.18. The number of likely N-dealkylation sites (N-methyl/N-ethyl adjacent to an activating group) is 1. The van der Waals surface area contributed by atoms with Crippen molar-refractivity contribution in [2.75, 3.05) is 18.9 Å². The minimum Gasteiger partial charge on any atom is -0.452 e. The van der Waals surface area contributed by atoms with Crippen LogP contribution in [0.1, 0.15) is 6.92 Å². The number of sulfonamides is 1. The zero-order valence-corrected chi connectivity index (χ0v) is 18.5. The molecule has 9 heteroatoms. The van der Waals surface area contributed by atoms with E-state index in [1.165, 1.54) is 38.2 Å². The molecular weight excluding hydrogens is 440 g/mol. The molecule has 1 atom stereocenters. The molecular formula is C22H21ClN2O5S. The van der Waals surface area contributed by atoms with E-state index >= 15 is 0 Å². The summed E-state index contributed by atoms with van der Waals surface area (Å²) in [4.78, 5) is 24.6. The number of esters is 1. The van der Waals surface area contributed by atoms with Crippen LogP contribution in [0.2, 0.25) is 5.02 Å². The van der Waals surface area contributed by atoms with Crippen LogP contribution in [0.25, 0.3) is 10.8 Å². The molecule has 1 unspecified atom stereocenters. The fourth-order valence-corrected chi connectivity index (χ4v) is 4.09. The third-order valence-corrected chi connectivity index (χ3v) is 6.64. The van der Waals surface area contributed by atoms with Crippen molar-refractivity contribution in [3.05, 3.63) is 71.8 Å². The maximum Gasteiger partial charge on any atom is 0.322 e. The van der Waals surface area contributed by atoms with Crippen molar-refractivity contribution in [1.82, 2.24) is 4.31 Å². The number of benzene rings is 3. The van der Waals surface area contributed by atoms with Crippen molar-refractivity contribution in [2.24, 2.45) is 0 Å². The smallest absolute Gasteiger partial charge is 0.322 e. The fourth-order valence-electron chi connectivity index (χ4n) is 2.85. The van der Waals surface area contributed by atoms with Gasteiger partial charge in [-0.25, -0.2) is 8.42 Å². The lowest BCUT2D eigenvalue weighted by molar-refractivity contribution is -0.153. The molecule has 0 saturated heterocycles. The van der Waals surface area contributed by atoms with Crippen molar-refractivity contribution in [2.45, 2.75) is 17.9 Å². The van der Waals surface area contributed by atoms with E-state index < -0.39 is 34.5 Å². The Morgan fingerprint density at radius 2 is 1.68 bits per heavy atom. The molecule has 0 bridgehead atoms. The summed E-state index contributed by atoms with van der Waals surface area (Å²) in [5.41, 5.74) is 0.564. The minimum absolute atomic E-state index is 0.00528. The van der Waals surface area contributed by atoms with Gasteiger partial charge in [0.2, 0.25) is 10.0 Å². The molecule has 7 nitrogen and oxygen atoms in total. The second kappa shape index (κ2) is 9.47. The summed E-state index contributed by atoms with van der Waals surface area (Å²) < 4.78 is 31.1. The number of hydrogen-bond acceptors (Lipinski definition) is 5. The van der Waals surface area contributed by atoms with Gasteiger partial charge in [0, 0.05) is 17.8 Å². The summed E-state index contributed by atoms with van der Waals surface area (Å²) in [6.45, 7) is 0.876. The topological polar surface area (TPSA) is 92.8 Å². The molecule has 162 valence electrons. The van der Waals surface area contributed by atoms with Crippen LogP contribution in [0.3, 0.4) is 0 Å². The number of carbonyl (C=O) groups is 2. The number of halogens is 1. The average Bonchev–Trinajstić information content (AvgIpc) is 2.73. The van der Waals surface area contributed by atoms with E-state index in [-0.39, 0.29) is 4.90 Å². The third kappa shape index (κ3) is 5.61. The van der Waals surface area contributed by atoms with Crippen LogP contribution in [0.4, 0.5) is 5.69 Å². The zero-order valence-electron chi connectivity index (χ0n) is 16.9. The number of nitrogens with one attached hydrogen (secondary N) is 1. The molecule has 31 heavy (non-hydrogen) atoms. The molecule has 3 aromatic rings. The second-order valence-electron chi connectivity index (χ2n) is 6.90. The maximum absolute atomic E-state index is 12.5. The van der Waals surface area contributed by atoms with E-state index in [2.05, 4.69) is 5.32 Å². The lowest BCUT2D eigenvalue weighted by Crippen LogP contribution is -2.37. The number of amides is 1. The van der Waals surface area contributed by atoms with Gasteiger partial charge in [-0.2, -0.15) is 4.31 Å². The molecule has 1 amide bonds. The Bertz CT molecular complexity index is 1210. The fraction of sp³-hybridized carbons (Fsp3) is 0.182. The van der Waals surface area contributed by atoms with E-state index in [0.29, 0.717) is 10.7 Å². The first kappa shape index (κ1) is 22.7. The number of fused-ring (bicyclic) bond motifs is 1. The van der Waals surface area contributed by atoms with Gasteiger partial charge in [0.15, 0.2) is 6.10 Å². The van der Waals surface area contributed by atoms with Gasteiger partial charge in [-0.3, -0.25) is 9.59 Å². The maximum atomic E-state index is 12.5. The highest BCUT2D eigenvalue weighted by Crippen LogP contribution is 2.20. The molecule has 0 aliphatic rings. The Kier molecular flexibility index (Phi) is 6.94. The lowest BCUT2D eigenvalue weighted by atomic mass is 10.1. The second-order valence-corrected chi connectivity index (χ2v) is 9.38. The van der Waals surface area contributed by atoms with Gasteiger partial charge in [0.1, 0.15) is 6.54 Å². The van der Waals surface area contributed by atoms with Crippen molar-refractivity contribution in [3.8, 4) is 0 Å². The first-order valence-corrected chi connectivity index (χ1v) is 11.2. The van der Waals surface area contributed by atoms with E-state index in [0.717, 1.165) is 15.1 Å². The van der Waals surface area contributed by atoms with Gasteiger partial charge in [0.25, 0.3) is 5.91 Å². The zero-order chi connectivity index (χ0) is 22.6. The first-order valence-electron chi connectivity index (χ1n) is 9.38. The minimum atomic E-state index is -3.90. The molecule has 0 heterocycles. The van der Waals surface area contributed by atoms with Gasteiger partial charge < -0.3 is 10.1 Å². The Labute approximate surface area is 185 Å². The largest absolute Gasteiger partial charge is 0.452 e. The van der Waals surface area contributed by atoms with Crippen LogP contribution in [0, 0.1) is 0 Å². The Balaban J connectivity index is 1.58. The molecule has 0 aromatic heterocycles. The third-order valence-electron chi connectivity index (χ3n) is 4.57. The quantitative estimate of drug-likeness (QED) is 0.543. The number of anilines is 1. The summed E-state index contributed by atoms with van der Waals surface area (Å²) in [7, 11) is -2.65. The van der Waals surface area contributed by atoms with Gasteiger partial charge in [-0.1, -0.05) is 41.9 Å². The van der Waals surface area contributed by atoms with Crippen molar-refractivity contribution < 1.29 is 22.7 Å². The van der Waals surface area contributed by atoms with Gasteiger partial charge in [-0.15, -0.1) is 0 Å². The molecule has 0 spiro atoms. The number of rotatable bonds is 7. The number of carbonyl (C=O) groups excluding carboxylic acids is 2. The van der Waals surface area contributed by atoms with Crippen LogP contribution in [-0.2, 0) is 24.3 Å². The van der Waals surface area contributed by atoms with Crippen LogP contribution < -0.4 is 5.32 Å². The van der Waals surface area contributed by atoms with Crippen LogP contribution in [-0.4, -0.2) is 44.3 Å². The molecule has 3 rings (SSSR count). The Morgan fingerprint density at radius 3 is 2.35 bits per heavy atom. The van der Waals surface area contributed by atoms with E-state index in [4.69, 9.17) is 16.3 Å². The average molecular weight is 461 g/mol. The van der Waals surface area contributed by atoms with Crippen LogP contribution >= 0.6 is 11.6 Å². The van der Waals surface area contributed by atoms with Gasteiger partial charge in [0.05, 0.1) is 4.90 Å². The predicted octanol–water partition coefficient (Wildman–Crippen LogP) is 3.68. The molecule has 0 aliphatic carbocycles. The standard InChI is InChI=1S/C22H21ClN2O5S/c1-15(22(27)24-19-10-7-16-5-3-4-6-17(16)13-19)30-21(26)14-25(2)31(28,29)20-11-8-18(23)9-12-20/h3-13,15H,14H2,1-2H3,(H,24,27). The highest BCUT2D eigenvalue weighted by atomic mass is 35.5. The summed E-state index contributed by atoms with van der Waals surface area (Å²) >= 11 is 5.78. The molecule has 0 saturated carbocycles. The Hall–Kier alpha value is -2.94. The van der Waals surface area contributed by atoms with Crippen molar-refractivity contribution >= 4 is 50.0 Å². The van der Waals surface area contributed by atoms with E-state index in [1.807, 2.05) is 36.4 Å². The molecule has 1 N–H and O–H groups in total. The summed E-state index contributed by atoms with van der Waals surface area (Å²) in [5, 5.41) is 5.08. The normalized spacial score (nSPS) is 12.5. The van der Waals surface area contributed by atoms with Crippen LogP contribution in [0.15, 0.2) is 71.6 Å². The highest BCUT2D eigenvalue weighted by molar-refractivity contribution is 7.89. The Morgan fingerprint density at radius 1 is 1.03 bits per heavy atom. The van der Waals surface area contributed by atoms with Crippen molar-refractivity contribution in [1.29, 1.82) is 0 Å². The molecule has 3 aromatic carbocycles. The first-order chi connectivity index (χ1) is 14.7. The molecule has 0 aliphatic heterocycles. The van der Waals surface area contributed by atoms with E-state index in [1.54, 1.807) is 6.07 Å². The summed E-state index contributed by atoms with van der Waals surface area (Å²) in [6.07, 6.45) is -1.11. The van der Waals surface area contributed by atoms with Gasteiger partial charge >= 0.3 is 5.97 Å². The monoisotopic (exact) mass is 460 g/mol. The predicted molar refractivity (Wildman–Crippen MR) is 119 cm³/mol. The SMILES string of the molecule is CC(OC(=O)CN(C)S(=O)(=O)c1ccc(Cl)cc1)C(=O)Nc1ccc2ccccc2c1. The van der Waals surface area contributed by atoms with Crippen molar-refractivity contribution in [3.63, 3.8) is 0 Å². The number of nitrogens with zero attached hydrogens (tertiary/aromatic N) is 1. The van der Waals surface area contributed by atoms with Crippen LogP contribution in [0.5, 0.6) is 0 Å². The summed E-state index contributed by atoms with van der Waals surface area (Å²) in [6, 6.07) is 18.7. The molecule has 0 radical (unpaired) electrons. The number of hydrogen-bond donors (Lipinski definition) is 1. The van der Waals surface area contributed by atoms with Gasteiger partial charge in [-0.05, 0) is 54.1 Å².